The predicted octanol–water partition coefficient (Wildman–Crippen LogP) is 0.879. The number of rotatable bonds is 2. The van der Waals surface area contributed by atoms with Gasteiger partial charge in [0.1, 0.15) is 11.6 Å². The minimum absolute atomic E-state index is 0.368. The Kier molecular flexibility index (Phi) is 2.25. The van der Waals surface area contributed by atoms with Gasteiger partial charge >= 0.3 is 0 Å². The molecule has 0 fully saturated rings. The molecule has 0 radical (unpaired) electrons. The number of nitrogens with zero attached hydrogens (tertiary/aromatic N) is 2. The van der Waals surface area contributed by atoms with Crippen molar-refractivity contribution in [1.29, 1.82) is 0 Å². The first-order valence-electron chi connectivity index (χ1n) is 3.54. The van der Waals surface area contributed by atoms with Crippen LogP contribution < -0.4 is 11.1 Å². The molecule has 0 saturated carbocycles. The summed E-state index contributed by atoms with van der Waals surface area (Å²) in [5.41, 5.74) is 5.36. The molecule has 0 atom stereocenters. The number of nitrogens with one attached hydrogen (secondary N) is 1. The highest BCUT2D eigenvalue weighted by molar-refractivity contribution is 5.38. The average molecular weight is 152 g/mol. The third-order valence-electron chi connectivity index (χ3n) is 1.12. The minimum Gasteiger partial charge on any atom is -0.382 e. The first kappa shape index (κ1) is 7.78. The average Bonchev–Trinajstić information content (AvgIpc) is 1.93. The van der Waals surface area contributed by atoms with Crippen LogP contribution in [0.4, 0.5) is 11.6 Å². The van der Waals surface area contributed by atoms with Gasteiger partial charge in [-0.1, -0.05) is 0 Å². The molecule has 60 valence electrons. The largest absolute Gasteiger partial charge is 0.382 e. The highest BCUT2D eigenvalue weighted by Gasteiger charge is 1.95. The Morgan fingerprint density at radius 1 is 1.36 bits per heavy atom. The highest BCUT2D eigenvalue weighted by Crippen LogP contribution is 2.03. The van der Waals surface area contributed by atoms with Crippen LogP contribution in [0.5, 0.6) is 0 Å². The Labute approximate surface area is 65.8 Å². The van der Waals surface area contributed by atoms with Crippen molar-refractivity contribution in [1.82, 2.24) is 10.2 Å². The molecule has 1 aromatic rings. The molecular weight excluding hydrogens is 140 g/mol. The summed E-state index contributed by atoms with van der Waals surface area (Å²) in [5.74, 6) is 1.20. The molecule has 1 rings (SSSR count). The number of aromatic nitrogens is 2. The molecule has 0 aliphatic rings. The van der Waals surface area contributed by atoms with Gasteiger partial charge in [0.05, 0.1) is 0 Å². The number of nitrogens with two attached hydrogens (primary N) is 1. The van der Waals surface area contributed by atoms with Crippen LogP contribution in [0.3, 0.4) is 0 Å². The molecular formula is C7H12N4. The smallest absolute Gasteiger partial charge is 0.148 e. The first-order valence-corrected chi connectivity index (χ1v) is 3.54. The van der Waals surface area contributed by atoms with Gasteiger partial charge in [-0.2, -0.15) is 0 Å². The molecule has 4 heteroatoms. The normalized spacial score (nSPS) is 10.1. The van der Waals surface area contributed by atoms with Gasteiger partial charge in [-0.3, -0.25) is 0 Å². The van der Waals surface area contributed by atoms with E-state index in [0.717, 1.165) is 5.82 Å². The second-order valence-corrected chi connectivity index (χ2v) is 2.64. The molecule has 4 nitrogen and oxygen atoms in total. The molecule has 3 N–H and O–H groups in total. The lowest BCUT2D eigenvalue weighted by molar-refractivity contribution is 0.875. The fraction of sp³-hybridized carbons (Fsp3) is 0.429. The van der Waals surface area contributed by atoms with Gasteiger partial charge in [0.25, 0.3) is 0 Å². The van der Waals surface area contributed by atoms with Crippen LogP contribution in [0.15, 0.2) is 12.1 Å². The minimum atomic E-state index is 0.368. The maximum atomic E-state index is 5.36. The van der Waals surface area contributed by atoms with Crippen LogP contribution in [-0.2, 0) is 0 Å². The van der Waals surface area contributed by atoms with Crippen molar-refractivity contribution < 1.29 is 0 Å². The van der Waals surface area contributed by atoms with E-state index in [9.17, 15) is 0 Å². The van der Waals surface area contributed by atoms with Gasteiger partial charge in [0, 0.05) is 6.04 Å². The van der Waals surface area contributed by atoms with Gasteiger partial charge in [-0.15, -0.1) is 10.2 Å². The van der Waals surface area contributed by atoms with Gasteiger partial charge in [-0.05, 0) is 26.0 Å². The fourth-order valence-corrected chi connectivity index (χ4v) is 0.715. The molecule has 1 aromatic heterocycles. The first-order chi connectivity index (χ1) is 5.18. The Bertz CT molecular complexity index is 216. The zero-order chi connectivity index (χ0) is 8.27. The van der Waals surface area contributed by atoms with E-state index in [1.165, 1.54) is 0 Å². The summed E-state index contributed by atoms with van der Waals surface area (Å²) < 4.78 is 0. The number of hydrogen-bond acceptors (Lipinski definition) is 4. The molecule has 0 unspecified atom stereocenters. The van der Waals surface area contributed by atoms with Gasteiger partial charge in [-0.25, -0.2) is 0 Å². The predicted molar refractivity (Wildman–Crippen MR) is 45.2 cm³/mol. The van der Waals surface area contributed by atoms with E-state index in [1.54, 1.807) is 6.07 Å². The molecule has 0 aromatic carbocycles. The summed E-state index contributed by atoms with van der Waals surface area (Å²) in [7, 11) is 0. The van der Waals surface area contributed by atoms with Crippen molar-refractivity contribution in [3.8, 4) is 0 Å². The van der Waals surface area contributed by atoms with Crippen molar-refractivity contribution in [3.63, 3.8) is 0 Å². The van der Waals surface area contributed by atoms with Crippen LogP contribution >= 0.6 is 0 Å². The Hall–Kier alpha value is -1.32. The molecule has 0 spiro atoms. The Morgan fingerprint density at radius 2 is 2.09 bits per heavy atom. The number of hydrogen-bond donors (Lipinski definition) is 2. The third-order valence-corrected chi connectivity index (χ3v) is 1.12. The van der Waals surface area contributed by atoms with Crippen LogP contribution in [0.2, 0.25) is 0 Å². The quantitative estimate of drug-likeness (QED) is 0.660. The van der Waals surface area contributed by atoms with Gasteiger partial charge in [0.15, 0.2) is 0 Å². The van der Waals surface area contributed by atoms with Crippen LogP contribution in [-0.4, -0.2) is 16.2 Å². The fourth-order valence-electron chi connectivity index (χ4n) is 0.715. The highest BCUT2D eigenvalue weighted by atomic mass is 15.2. The second-order valence-electron chi connectivity index (χ2n) is 2.64. The standard InChI is InChI=1S/C7H12N4/c1-5(2)9-7-4-3-6(8)10-11-7/h3-5H,1-2H3,(H2,8,10)(H,9,11). The van der Waals surface area contributed by atoms with E-state index in [4.69, 9.17) is 5.73 Å². The molecule has 1 heterocycles. The van der Waals surface area contributed by atoms with Crippen LogP contribution in [0.25, 0.3) is 0 Å². The topological polar surface area (TPSA) is 63.8 Å². The second kappa shape index (κ2) is 3.18. The zero-order valence-corrected chi connectivity index (χ0v) is 6.70. The van der Waals surface area contributed by atoms with Crippen molar-refractivity contribution in [2.75, 3.05) is 11.1 Å². The van der Waals surface area contributed by atoms with Crippen LogP contribution in [0, 0.1) is 0 Å². The lowest BCUT2D eigenvalue weighted by atomic mass is 10.4. The molecule has 0 saturated heterocycles. The van der Waals surface area contributed by atoms with E-state index in [1.807, 2.05) is 19.9 Å². The van der Waals surface area contributed by atoms with E-state index in [-0.39, 0.29) is 0 Å². The molecule has 0 amide bonds. The lowest BCUT2D eigenvalue weighted by Gasteiger charge is -2.06. The van der Waals surface area contributed by atoms with E-state index < -0.39 is 0 Å². The van der Waals surface area contributed by atoms with Crippen molar-refractivity contribution in [2.24, 2.45) is 0 Å². The maximum Gasteiger partial charge on any atom is 0.148 e. The summed E-state index contributed by atoms with van der Waals surface area (Å²) in [6.45, 7) is 4.08. The summed E-state index contributed by atoms with van der Waals surface area (Å²) in [6, 6.07) is 3.90. The Morgan fingerprint density at radius 3 is 2.55 bits per heavy atom. The molecule has 11 heavy (non-hydrogen) atoms. The monoisotopic (exact) mass is 152 g/mol. The third kappa shape index (κ3) is 2.41. The molecule has 0 aliphatic heterocycles. The van der Waals surface area contributed by atoms with Crippen molar-refractivity contribution in [2.45, 2.75) is 19.9 Å². The van der Waals surface area contributed by atoms with E-state index in [0.29, 0.717) is 11.9 Å². The number of nitrogen functional groups attached to an aromatic ring is 1. The van der Waals surface area contributed by atoms with Crippen molar-refractivity contribution in [3.05, 3.63) is 12.1 Å². The van der Waals surface area contributed by atoms with Crippen molar-refractivity contribution >= 4 is 11.6 Å². The van der Waals surface area contributed by atoms with Gasteiger partial charge < -0.3 is 11.1 Å². The summed E-state index contributed by atoms with van der Waals surface area (Å²) in [5, 5.41) is 10.6. The van der Waals surface area contributed by atoms with Gasteiger partial charge in [0.2, 0.25) is 0 Å². The maximum absolute atomic E-state index is 5.36. The zero-order valence-electron chi connectivity index (χ0n) is 6.70. The van der Waals surface area contributed by atoms with Crippen LogP contribution in [0.1, 0.15) is 13.8 Å². The molecule has 0 bridgehead atoms. The van der Waals surface area contributed by atoms with E-state index in [2.05, 4.69) is 15.5 Å². The Balaban J connectivity index is 2.66. The summed E-state index contributed by atoms with van der Waals surface area (Å²) >= 11 is 0. The number of anilines is 2. The SMILES string of the molecule is CC(C)Nc1ccc(N)nn1. The van der Waals surface area contributed by atoms with E-state index >= 15 is 0 Å². The summed E-state index contributed by atoms with van der Waals surface area (Å²) in [4.78, 5) is 0. The summed E-state index contributed by atoms with van der Waals surface area (Å²) in [6.07, 6.45) is 0. The molecule has 0 aliphatic carbocycles. The lowest BCUT2D eigenvalue weighted by Crippen LogP contribution is -2.11.